The van der Waals surface area contributed by atoms with Crippen LogP contribution >= 0.6 is 22.6 Å². The van der Waals surface area contributed by atoms with Crippen molar-refractivity contribution >= 4 is 58.2 Å². The number of aromatic carboxylic acids is 1. The minimum atomic E-state index is -0.989. The van der Waals surface area contributed by atoms with E-state index in [0.717, 1.165) is 19.6 Å². The number of nitrogens with one attached hydrogen (secondary N) is 2. The van der Waals surface area contributed by atoms with E-state index in [2.05, 4.69) is 33.2 Å². The molecule has 4 rings (SSSR count). The van der Waals surface area contributed by atoms with Gasteiger partial charge in [0.05, 0.1) is 9.13 Å². The maximum Gasteiger partial charge on any atom is 0.335 e. The van der Waals surface area contributed by atoms with Gasteiger partial charge >= 0.3 is 12.0 Å². The Balaban J connectivity index is 1.37. The van der Waals surface area contributed by atoms with Crippen molar-refractivity contribution in [3.63, 3.8) is 0 Å². The Hall–Kier alpha value is -4.19. The molecule has 9 nitrogen and oxygen atoms in total. The summed E-state index contributed by atoms with van der Waals surface area (Å²) in [4.78, 5) is 49.3. The summed E-state index contributed by atoms with van der Waals surface area (Å²) < 4.78 is 6.62. The Bertz CT molecular complexity index is 1400. The molecule has 1 heterocycles. The molecule has 0 aliphatic carbocycles. The van der Waals surface area contributed by atoms with E-state index in [-0.39, 0.29) is 17.9 Å². The standard InChI is InChI=1S/C27H22IN3O6/c1-16-2-9-20(10-3-16)29-24(32)14-31-25(33)22(30-27(31)36)13-18-6-11-23(21(28)12-18)37-15-17-4-7-19(8-5-17)26(34)35/h2-13H,14-15H2,1H3,(H,29,32)(H,30,36)(H,34,35)/b22-13-. The summed E-state index contributed by atoms with van der Waals surface area (Å²) in [7, 11) is 0. The van der Waals surface area contributed by atoms with Crippen LogP contribution in [-0.2, 0) is 16.2 Å². The second-order valence-corrected chi connectivity index (χ2v) is 9.44. The summed E-state index contributed by atoms with van der Waals surface area (Å²) in [5, 5.41) is 14.2. The molecular formula is C27H22IN3O6. The second kappa shape index (κ2) is 11.2. The SMILES string of the molecule is Cc1ccc(NC(=O)CN2C(=O)N/C(=C\c3ccc(OCc4ccc(C(=O)O)cc4)c(I)c3)C2=O)cc1. The van der Waals surface area contributed by atoms with Crippen molar-refractivity contribution in [2.24, 2.45) is 0 Å². The topological polar surface area (TPSA) is 125 Å². The van der Waals surface area contributed by atoms with Crippen LogP contribution in [0.25, 0.3) is 6.08 Å². The highest BCUT2D eigenvalue weighted by molar-refractivity contribution is 14.1. The molecule has 4 amide bonds. The van der Waals surface area contributed by atoms with Crippen LogP contribution in [0.3, 0.4) is 0 Å². The van der Waals surface area contributed by atoms with Crippen molar-refractivity contribution in [3.8, 4) is 5.75 Å². The molecule has 0 atom stereocenters. The van der Waals surface area contributed by atoms with Gasteiger partial charge in [-0.2, -0.15) is 0 Å². The maximum absolute atomic E-state index is 12.8. The molecular weight excluding hydrogens is 589 g/mol. The minimum Gasteiger partial charge on any atom is -0.488 e. The van der Waals surface area contributed by atoms with E-state index in [1.807, 2.05) is 19.1 Å². The van der Waals surface area contributed by atoms with Gasteiger partial charge in [0.1, 0.15) is 24.6 Å². The van der Waals surface area contributed by atoms with Gasteiger partial charge in [-0.25, -0.2) is 14.5 Å². The molecule has 1 aliphatic heterocycles. The van der Waals surface area contributed by atoms with E-state index in [1.54, 1.807) is 42.5 Å². The molecule has 1 aliphatic rings. The van der Waals surface area contributed by atoms with Crippen LogP contribution in [0.4, 0.5) is 10.5 Å². The van der Waals surface area contributed by atoms with E-state index in [0.29, 0.717) is 17.0 Å². The molecule has 1 saturated heterocycles. The molecule has 10 heteroatoms. The first-order chi connectivity index (χ1) is 17.7. The highest BCUT2D eigenvalue weighted by atomic mass is 127. The number of imide groups is 1. The number of hydrogen-bond donors (Lipinski definition) is 3. The maximum atomic E-state index is 12.8. The molecule has 0 bridgehead atoms. The Morgan fingerprint density at radius 3 is 2.41 bits per heavy atom. The monoisotopic (exact) mass is 611 g/mol. The number of anilines is 1. The summed E-state index contributed by atoms with van der Waals surface area (Å²) in [5.41, 5.74) is 3.37. The number of urea groups is 1. The van der Waals surface area contributed by atoms with Crippen molar-refractivity contribution in [2.75, 3.05) is 11.9 Å². The van der Waals surface area contributed by atoms with Gasteiger partial charge in [0, 0.05) is 5.69 Å². The molecule has 1 fully saturated rings. The number of nitrogens with zero attached hydrogens (tertiary/aromatic N) is 1. The summed E-state index contributed by atoms with van der Waals surface area (Å²) in [5.74, 6) is -1.45. The predicted octanol–water partition coefficient (Wildman–Crippen LogP) is 4.41. The number of halogens is 1. The number of ether oxygens (including phenoxy) is 1. The third-order valence-electron chi connectivity index (χ3n) is 5.46. The Morgan fingerprint density at radius 1 is 1.05 bits per heavy atom. The zero-order valence-corrected chi connectivity index (χ0v) is 21.8. The number of aryl methyl sites for hydroxylation is 1. The molecule has 0 saturated carbocycles. The Kier molecular flexibility index (Phi) is 7.87. The quantitative estimate of drug-likeness (QED) is 0.197. The van der Waals surface area contributed by atoms with Gasteiger partial charge in [0.2, 0.25) is 5.91 Å². The summed E-state index contributed by atoms with van der Waals surface area (Å²) in [6.45, 7) is 1.77. The first-order valence-corrected chi connectivity index (χ1v) is 12.2. The zero-order chi connectivity index (χ0) is 26.5. The molecule has 37 heavy (non-hydrogen) atoms. The van der Waals surface area contributed by atoms with Crippen molar-refractivity contribution in [1.29, 1.82) is 0 Å². The average Bonchev–Trinajstić information content (AvgIpc) is 3.12. The first kappa shape index (κ1) is 25.9. The molecule has 0 aromatic heterocycles. The van der Waals surface area contributed by atoms with Gasteiger partial charge in [0.25, 0.3) is 5.91 Å². The number of benzene rings is 3. The number of rotatable bonds is 8. The summed E-state index contributed by atoms with van der Waals surface area (Å²) >= 11 is 2.10. The lowest BCUT2D eigenvalue weighted by Gasteiger charge is -2.12. The van der Waals surface area contributed by atoms with Crippen LogP contribution in [0.1, 0.15) is 27.0 Å². The van der Waals surface area contributed by atoms with Gasteiger partial charge in [-0.05, 0) is 83.1 Å². The number of hydrogen-bond acceptors (Lipinski definition) is 5. The number of carboxylic acid groups (broad SMARTS) is 1. The Morgan fingerprint density at radius 2 is 1.76 bits per heavy atom. The van der Waals surface area contributed by atoms with Gasteiger partial charge in [-0.1, -0.05) is 35.9 Å². The van der Waals surface area contributed by atoms with Crippen LogP contribution in [0.5, 0.6) is 5.75 Å². The molecule has 188 valence electrons. The van der Waals surface area contributed by atoms with Gasteiger partial charge in [-0.3, -0.25) is 9.59 Å². The van der Waals surface area contributed by atoms with Crippen LogP contribution in [-0.4, -0.2) is 40.4 Å². The minimum absolute atomic E-state index is 0.0659. The second-order valence-electron chi connectivity index (χ2n) is 8.27. The van der Waals surface area contributed by atoms with E-state index in [4.69, 9.17) is 9.84 Å². The highest BCUT2D eigenvalue weighted by Gasteiger charge is 2.34. The van der Waals surface area contributed by atoms with E-state index in [9.17, 15) is 19.2 Å². The fourth-order valence-corrected chi connectivity index (χ4v) is 4.19. The van der Waals surface area contributed by atoms with Crippen molar-refractivity contribution in [3.05, 3.63) is 98.3 Å². The third-order valence-corrected chi connectivity index (χ3v) is 6.30. The average molecular weight is 611 g/mol. The Labute approximate surface area is 226 Å². The lowest BCUT2D eigenvalue weighted by atomic mass is 10.1. The van der Waals surface area contributed by atoms with E-state index < -0.39 is 30.4 Å². The van der Waals surface area contributed by atoms with Crippen molar-refractivity contribution < 1.29 is 29.0 Å². The first-order valence-electron chi connectivity index (χ1n) is 11.2. The van der Waals surface area contributed by atoms with Crippen molar-refractivity contribution in [2.45, 2.75) is 13.5 Å². The van der Waals surface area contributed by atoms with E-state index in [1.165, 1.54) is 18.2 Å². The normalized spacial score (nSPS) is 14.0. The van der Waals surface area contributed by atoms with Crippen LogP contribution in [0.15, 0.2) is 72.4 Å². The van der Waals surface area contributed by atoms with E-state index >= 15 is 0 Å². The van der Waals surface area contributed by atoms with Crippen LogP contribution in [0.2, 0.25) is 0 Å². The molecule has 0 spiro atoms. The molecule has 0 radical (unpaired) electrons. The molecule has 3 aromatic rings. The summed E-state index contributed by atoms with van der Waals surface area (Å²) in [6.07, 6.45) is 1.54. The van der Waals surface area contributed by atoms with Gasteiger partial charge in [0.15, 0.2) is 0 Å². The smallest absolute Gasteiger partial charge is 0.335 e. The number of carboxylic acids is 1. The largest absolute Gasteiger partial charge is 0.488 e. The molecule has 3 N–H and O–H groups in total. The zero-order valence-electron chi connectivity index (χ0n) is 19.7. The number of amides is 4. The molecule has 0 unspecified atom stereocenters. The van der Waals surface area contributed by atoms with Gasteiger partial charge < -0.3 is 20.5 Å². The predicted molar refractivity (Wildman–Crippen MR) is 145 cm³/mol. The lowest BCUT2D eigenvalue weighted by molar-refractivity contribution is -0.127. The summed E-state index contributed by atoms with van der Waals surface area (Å²) in [6, 6.07) is 18.2. The highest BCUT2D eigenvalue weighted by Crippen LogP contribution is 2.25. The lowest BCUT2D eigenvalue weighted by Crippen LogP contribution is -2.38. The molecule has 3 aromatic carbocycles. The van der Waals surface area contributed by atoms with Crippen molar-refractivity contribution in [1.82, 2.24) is 10.2 Å². The number of carbonyl (C=O) groups is 4. The van der Waals surface area contributed by atoms with Gasteiger partial charge in [-0.15, -0.1) is 0 Å². The third kappa shape index (κ3) is 6.53. The van der Waals surface area contributed by atoms with Crippen LogP contribution < -0.4 is 15.4 Å². The fraction of sp³-hybridized carbons (Fsp3) is 0.111. The fourth-order valence-electron chi connectivity index (χ4n) is 3.49. The number of carbonyl (C=O) groups excluding carboxylic acids is 3. The van der Waals surface area contributed by atoms with Crippen LogP contribution in [0, 0.1) is 10.5 Å².